The Bertz CT molecular complexity index is 198. The van der Waals surface area contributed by atoms with Crippen molar-refractivity contribution in [3.05, 3.63) is 0 Å². The van der Waals surface area contributed by atoms with Gasteiger partial charge in [-0.2, -0.15) is 0 Å². The van der Waals surface area contributed by atoms with Gasteiger partial charge in [0.2, 0.25) is 5.91 Å². The Morgan fingerprint density at radius 3 is 2.47 bits per heavy atom. The van der Waals surface area contributed by atoms with E-state index in [1.807, 2.05) is 0 Å². The number of carbonyl (C=O) groups excluding carboxylic acids is 1. The lowest BCUT2D eigenvalue weighted by molar-refractivity contribution is -0.124. The van der Waals surface area contributed by atoms with Gasteiger partial charge >= 0.3 is 0 Å². The molecule has 0 heterocycles. The molecule has 0 spiro atoms. The summed E-state index contributed by atoms with van der Waals surface area (Å²) in [7, 11) is 1.69. The van der Waals surface area contributed by atoms with Gasteiger partial charge in [0, 0.05) is 13.6 Å². The lowest BCUT2D eigenvalue weighted by Crippen LogP contribution is -2.34. The molecule has 88 valence electrons. The minimum absolute atomic E-state index is 0.0217. The van der Waals surface area contributed by atoms with Gasteiger partial charge in [-0.05, 0) is 18.3 Å². The van der Waals surface area contributed by atoms with E-state index in [2.05, 4.69) is 12.2 Å². The number of rotatable bonds is 4. The molecule has 1 amide bonds. The van der Waals surface area contributed by atoms with E-state index >= 15 is 0 Å². The molecule has 1 atom stereocenters. The Balaban J connectivity index is 2.35. The number of nitrogens with two attached hydrogens (primary N) is 1. The van der Waals surface area contributed by atoms with Gasteiger partial charge in [-0.25, -0.2) is 0 Å². The zero-order valence-corrected chi connectivity index (χ0v) is 9.96. The predicted octanol–water partition coefficient (Wildman–Crippen LogP) is 1.52. The Hall–Kier alpha value is -0.570. The third kappa shape index (κ3) is 3.82. The second kappa shape index (κ2) is 6.11. The van der Waals surface area contributed by atoms with Crippen molar-refractivity contribution in [2.75, 3.05) is 13.6 Å². The average Bonchev–Trinajstić information content (AvgIpc) is 2.27. The smallest absolute Gasteiger partial charge is 0.224 e. The first-order valence-corrected chi connectivity index (χ1v) is 6.09. The molecule has 0 bridgehead atoms. The Labute approximate surface area is 92.8 Å². The highest BCUT2D eigenvalue weighted by molar-refractivity contribution is 5.78. The summed E-state index contributed by atoms with van der Waals surface area (Å²) in [5, 5.41) is 2.70. The SMILES string of the molecule is CNC(=O)C(CN)CC1CCC(C)CC1. The van der Waals surface area contributed by atoms with E-state index in [9.17, 15) is 4.79 Å². The van der Waals surface area contributed by atoms with Crippen molar-refractivity contribution < 1.29 is 4.79 Å². The van der Waals surface area contributed by atoms with Crippen molar-refractivity contribution in [1.82, 2.24) is 5.32 Å². The van der Waals surface area contributed by atoms with E-state index in [1.54, 1.807) is 7.05 Å². The highest BCUT2D eigenvalue weighted by Crippen LogP contribution is 2.32. The summed E-state index contributed by atoms with van der Waals surface area (Å²) >= 11 is 0. The van der Waals surface area contributed by atoms with Crippen LogP contribution in [0.2, 0.25) is 0 Å². The summed E-state index contributed by atoms with van der Waals surface area (Å²) in [6, 6.07) is 0. The third-order valence-corrected chi connectivity index (χ3v) is 3.65. The van der Waals surface area contributed by atoms with E-state index in [-0.39, 0.29) is 11.8 Å². The lowest BCUT2D eigenvalue weighted by atomic mass is 9.78. The topological polar surface area (TPSA) is 55.1 Å². The first-order valence-electron chi connectivity index (χ1n) is 6.09. The second-order valence-electron chi connectivity index (χ2n) is 4.91. The molecule has 0 aromatic heterocycles. The molecule has 3 nitrogen and oxygen atoms in total. The molecule has 1 fully saturated rings. The first kappa shape index (κ1) is 12.5. The van der Waals surface area contributed by atoms with E-state index in [4.69, 9.17) is 5.73 Å². The Kier molecular flexibility index (Phi) is 5.09. The van der Waals surface area contributed by atoms with E-state index in [0.717, 1.165) is 12.3 Å². The molecule has 0 aromatic rings. The lowest BCUT2D eigenvalue weighted by Gasteiger charge is -2.28. The molecule has 0 saturated heterocycles. The fourth-order valence-corrected chi connectivity index (χ4v) is 2.48. The molecule has 3 heteroatoms. The van der Waals surface area contributed by atoms with Crippen LogP contribution in [0, 0.1) is 17.8 Å². The van der Waals surface area contributed by atoms with Crippen molar-refractivity contribution in [3.8, 4) is 0 Å². The van der Waals surface area contributed by atoms with Crippen LogP contribution in [0.15, 0.2) is 0 Å². The molecule has 1 saturated carbocycles. The standard InChI is InChI=1S/C12H24N2O/c1-9-3-5-10(6-4-9)7-11(8-13)12(15)14-2/h9-11H,3-8,13H2,1-2H3,(H,14,15). The quantitative estimate of drug-likeness (QED) is 0.742. The number of amides is 1. The van der Waals surface area contributed by atoms with Crippen LogP contribution in [0.3, 0.4) is 0 Å². The molecule has 1 unspecified atom stereocenters. The van der Waals surface area contributed by atoms with Crippen LogP contribution in [0.4, 0.5) is 0 Å². The van der Waals surface area contributed by atoms with Crippen LogP contribution >= 0.6 is 0 Å². The summed E-state index contributed by atoms with van der Waals surface area (Å²) in [6.45, 7) is 2.79. The number of hydrogen-bond acceptors (Lipinski definition) is 2. The van der Waals surface area contributed by atoms with Gasteiger partial charge in [-0.3, -0.25) is 4.79 Å². The van der Waals surface area contributed by atoms with Crippen LogP contribution in [-0.4, -0.2) is 19.5 Å². The summed E-state index contributed by atoms with van der Waals surface area (Å²) in [4.78, 5) is 11.5. The van der Waals surface area contributed by atoms with Crippen LogP contribution in [-0.2, 0) is 4.79 Å². The monoisotopic (exact) mass is 212 g/mol. The normalized spacial score (nSPS) is 28.5. The van der Waals surface area contributed by atoms with Crippen molar-refractivity contribution in [3.63, 3.8) is 0 Å². The average molecular weight is 212 g/mol. The van der Waals surface area contributed by atoms with Crippen molar-refractivity contribution in [2.24, 2.45) is 23.5 Å². The molecule has 1 rings (SSSR count). The van der Waals surface area contributed by atoms with E-state index < -0.39 is 0 Å². The fraction of sp³-hybridized carbons (Fsp3) is 0.917. The van der Waals surface area contributed by atoms with Gasteiger partial charge in [0.25, 0.3) is 0 Å². The maximum Gasteiger partial charge on any atom is 0.224 e. The molecule has 1 aliphatic carbocycles. The van der Waals surface area contributed by atoms with E-state index in [0.29, 0.717) is 12.5 Å². The summed E-state index contributed by atoms with van der Waals surface area (Å²) in [5.74, 6) is 1.72. The van der Waals surface area contributed by atoms with Crippen LogP contribution in [0.25, 0.3) is 0 Å². The molecular formula is C12H24N2O. The largest absolute Gasteiger partial charge is 0.359 e. The molecule has 1 aliphatic rings. The zero-order valence-electron chi connectivity index (χ0n) is 9.96. The molecular weight excluding hydrogens is 188 g/mol. The molecule has 0 aromatic carbocycles. The van der Waals surface area contributed by atoms with Gasteiger partial charge in [-0.15, -0.1) is 0 Å². The zero-order chi connectivity index (χ0) is 11.3. The van der Waals surface area contributed by atoms with Gasteiger partial charge in [0.05, 0.1) is 5.92 Å². The van der Waals surface area contributed by atoms with Crippen molar-refractivity contribution >= 4 is 5.91 Å². The summed E-state index contributed by atoms with van der Waals surface area (Å²) < 4.78 is 0. The van der Waals surface area contributed by atoms with Crippen molar-refractivity contribution in [1.29, 1.82) is 0 Å². The highest BCUT2D eigenvalue weighted by Gasteiger charge is 2.24. The summed E-state index contributed by atoms with van der Waals surface area (Å²) in [5.41, 5.74) is 5.63. The maximum atomic E-state index is 11.5. The van der Waals surface area contributed by atoms with Gasteiger partial charge in [0.1, 0.15) is 0 Å². The van der Waals surface area contributed by atoms with Crippen molar-refractivity contribution in [2.45, 2.75) is 39.0 Å². The highest BCUT2D eigenvalue weighted by atomic mass is 16.1. The summed E-state index contributed by atoms with van der Waals surface area (Å²) in [6.07, 6.45) is 6.15. The molecule has 15 heavy (non-hydrogen) atoms. The minimum Gasteiger partial charge on any atom is -0.359 e. The molecule has 0 radical (unpaired) electrons. The van der Waals surface area contributed by atoms with Crippen LogP contribution in [0.5, 0.6) is 0 Å². The number of nitrogens with one attached hydrogen (secondary N) is 1. The molecule has 0 aliphatic heterocycles. The van der Waals surface area contributed by atoms with Crippen LogP contribution < -0.4 is 11.1 Å². The number of hydrogen-bond donors (Lipinski definition) is 2. The number of carbonyl (C=O) groups is 1. The Morgan fingerprint density at radius 1 is 1.40 bits per heavy atom. The van der Waals surface area contributed by atoms with Gasteiger partial charge < -0.3 is 11.1 Å². The van der Waals surface area contributed by atoms with Gasteiger partial charge in [0.15, 0.2) is 0 Å². The van der Waals surface area contributed by atoms with Gasteiger partial charge in [-0.1, -0.05) is 32.6 Å². The fourth-order valence-electron chi connectivity index (χ4n) is 2.48. The molecule has 3 N–H and O–H groups in total. The first-order chi connectivity index (χ1) is 7.17. The second-order valence-corrected chi connectivity index (χ2v) is 4.91. The maximum absolute atomic E-state index is 11.5. The predicted molar refractivity (Wildman–Crippen MR) is 62.4 cm³/mol. The van der Waals surface area contributed by atoms with Crippen LogP contribution in [0.1, 0.15) is 39.0 Å². The third-order valence-electron chi connectivity index (χ3n) is 3.65. The Morgan fingerprint density at radius 2 is 2.00 bits per heavy atom. The van der Waals surface area contributed by atoms with E-state index in [1.165, 1.54) is 25.7 Å². The minimum atomic E-state index is 0.0217.